The normalized spacial score (nSPS) is 25.6. The fourth-order valence-electron chi connectivity index (χ4n) is 3.38. The van der Waals surface area contributed by atoms with Crippen molar-refractivity contribution < 1.29 is 0 Å². The number of rotatable bonds is 4. The fraction of sp³-hybridized carbons (Fsp3) is 0.800. The Morgan fingerprint density at radius 1 is 1.30 bits per heavy atom. The molecule has 3 rings (SSSR count). The highest BCUT2D eigenvalue weighted by molar-refractivity contribution is 7.15. The molecule has 0 bridgehead atoms. The molecule has 1 aromatic heterocycles. The summed E-state index contributed by atoms with van der Waals surface area (Å²) in [5, 5.41) is 4.55. The van der Waals surface area contributed by atoms with Crippen LogP contribution in [0.25, 0.3) is 0 Å². The van der Waals surface area contributed by atoms with Crippen LogP contribution < -0.4 is 10.2 Å². The second-order valence-corrected chi connectivity index (χ2v) is 7.10. The maximum Gasteiger partial charge on any atom is 0.185 e. The summed E-state index contributed by atoms with van der Waals surface area (Å²) in [5.41, 5.74) is 1.19. The molecule has 0 spiro atoms. The highest BCUT2D eigenvalue weighted by Gasteiger charge is 2.31. The van der Waals surface area contributed by atoms with E-state index in [-0.39, 0.29) is 0 Å². The minimum Gasteiger partial charge on any atom is -0.346 e. The van der Waals surface area contributed by atoms with Gasteiger partial charge in [-0.25, -0.2) is 4.98 Å². The van der Waals surface area contributed by atoms with Crippen molar-refractivity contribution in [1.29, 1.82) is 0 Å². The van der Waals surface area contributed by atoms with Gasteiger partial charge in [-0.2, -0.15) is 0 Å². The van der Waals surface area contributed by atoms with Crippen LogP contribution in [0.1, 0.15) is 42.8 Å². The zero-order valence-corrected chi connectivity index (χ0v) is 13.7. The van der Waals surface area contributed by atoms with Crippen LogP contribution in [0.3, 0.4) is 0 Å². The lowest BCUT2D eigenvalue weighted by Crippen LogP contribution is -2.35. The summed E-state index contributed by atoms with van der Waals surface area (Å²) in [7, 11) is 2.02. The second-order valence-electron chi connectivity index (χ2n) is 6.09. The van der Waals surface area contributed by atoms with Crippen molar-refractivity contribution in [2.45, 2.75) is 45.2 Å². The third kappa shape index (κ3) is 2.71. The van der Waals surface area contributed by atoms with Crippen molar-refractivity contribution in [2.75, 3.05) is 38.1 Å². The molecule has 2 aliphatic rings. The summed E-state index contributed by atoms with van der Waals surface area (Å²) in [5.74, 6) is 0. The Morgan fingerprint density at radius 2 is 2.05 bits per heavy atom. The average molecular weight is 294 g/mol. The predicted octanol–water partition coefficient (Wildman–Crippen LogP) is 2.41. The van der Waals surface area contributed by atoms with E-state index in [2.05, 4.69) is 29.0 Å². The highest BCUT2D eigenvalue weighted by Crippen LogP contribution is 2.33. The van der Waals surface area contributed by atoms with E-state index in [9.17, 15) is 0 Å². The fourth-order valence-corrected chi connectivity index (χ4v) is 4.54. The first-order valence-electron chi connectivity index (χ1n) is 7.82. The molecule has 2 fully saturated rings. The number of nitrogens with zero attached hydrogens (tertiary/aromatic N) is 3. The Hall–Kier alpha value is -0.650. The van der Waals surface area contributed by atoms with Crippen molar-refractivity contribution in [2.24, 2.45) is 0 Å². The predicted molar refractivity (Wildman–Crippen MR) is 85.8 cm³/mol. The lowest BCUT2D eigenvalue weighted by Gasteiger charge is -2.23. The van der Waals surface area contributed by atoms with E-state index in [0.717, 1.165) is 6.04 Å². The molecule has 0 aliphatic carbocycles. The number of likely N-dealkylation sites (tertiary alicyclic amines) is 1. The molecule has 112 valence electrons. The third-order valence-corrected chi connectivity index (χ3v) is 6.14. The van der Waals surface area contributed by atoms with Gasteiger partial charge in [-0.15, -0.1) is 11.3 Å². The molecule has 0 saturated carbocycles. The van der Waals surface area contributed by atoms with Gasteiger partial charge in [-0.05, 0) is 53.2 Å². The van der Waals surface area contributed by atoms with Gasteiger partial charge < -0.3 is 10.2 Å². The molecule has 1 N–H and O–H groups in total. The van der Waals surface area contributed by atoms with Crippen LogP contribution in [0.5, 0.6) is 0 Å². The maximum absolute atomic E-state index is 4.81. The quantitative estimate of drug-likeness (QED) is 0.924. The Bertz CT molecular complexity index is 453. The number of thiazole rings is 1. The van der Waals surface area contributed by atoms with Gasteiger partial charge in [0.25, 0.3) is 0 Å². The second kappa shape index (κ2) is 6.00. The summed E-state index contributed by atoms with van der Waals surface area (Å²) in [6.07, 6.45) is 4.07. The number of aromatic nitrogens is 1. The summed E-state index contributed by atoms with van der Waals surface area (Å²) >= 11 is 1.87. The molecule has 0 radical (unpaired) electrons. The van der Waals surface area contributed by atoms with Crippen molar-refractivity contribution in [3.05, 3.63) is 10.6 Å². The molecule has 20 heavy (non-hydrogen) atoms. The topological polar surface area (TPSA) is 31.4 Å². The van der Waals surface area contributed by atoms with Gasteiger partial charge >= 0.3 is 0 Å². The van der Waals surface area contributed by atoms with Crippen LogP contribution >= 0.6 is 11.3 Å². The van der Waals surface area contributed by atoms with Crippen LogP contribution in [0.4, 0.5) is 5.13 Å². The molecule has 4 nitrogen and oxygen atoms in total. The van der Waals surface area contributed by atoms with E-state index in [4.69, 9.17) is 4.98 Å². The first kappa shape index (κ1) is 14.3. The van der Waals surface area contributed by atoms with Crippen molar-refractivity contribution in [3.8, 4) is 0 Å². The van der Waals surface area contributed by atoms with Gasteiger partial charge in [0.05, 0.1) is 5.69 Å². The van der Waals surface area contributed by atoms with Crippen LogP contribution in [-0.4, -0.2) is 49.2 Å². The van der Waals surface area contributed by atoms with Crippen molar-refractivity contribution >= 4 is 16.5 Å². The minimum atomic E-state index is 0.401. The Kier molecular flexibility index (Phi) is 4.29. The van der Waals surface area contributed by atoms with Gasteiger partial charge in [-0.3, -0.25) is 4.90 Å². The summed E-state index contributed by atoms with van der Waals surface area (Å²) in [6, 6.07) is 1.16. The molecular weight excluding hydrogens is 268 g/mol. The molecule has 0 amide bonds. The number of hydrogen-bond acceptors (Lipinski definition) is 5. The molecule has 3 heterocycles. The smallest absolute Gasteiger partial charge is 0.185 e. The molecule has 2 atom stereocenters. The van der Waals surface area contributed by atoms with E-state index in [1.165, 1.54) is 61.1 Å². The molecule has 2 saturated heterocycles. The van der Waals surface area contributed by atoms with Gasteiger partial charge in [0.2, 0.25) is 0 Å². The van der Waals surface area contributed by atoms with Crippen LogP contribution in [-0.2, 0) is 0 Å². The first-order valence-corrected chi connectivity index (χ1v) is 8.64. The van der Waals surface area contributed by atoms with Gasteiger partial charge in [-0.1, -0.05) is 0 Å². The largest absolute Gasteiger partial charge is 0.346 e. The molecular formula is C15H26N4S. The van der Waals surface area contributed by atoms with Gasteiger partial charge in [0, 0.05) is 30.1 Å². The Labute approximate surface area is 126 Å². The highest BCUT2D eigenvalue weighted by atomic mass is 32.1. The van der Waals surface area contributed by atoms with E-state index in [1.54, 1.807) is 0 Å². The molecule has 0 aromatic carbocycles. The third-order valence-electron chi connectivity index (χ3n) is 4.74. The van der Waals surface area contributed by atoms with Crippen LogP contribution in [0.2, 0.25) is 0 Å². The maximum atomic E-state index is 4.81. The zero-order chi connectivity index (χ0) is 14.1. The average Bonchev–Trinajstić information content (AvgIpc) is 3.16. The van der Waals surface area contributed by atoms with Gasteiger partial charge in [0.15, 0.2) is 5.13 Å². The summed E-state index contributed by atoms with van der Waals surface area (Å²) in [4.78, 5) is 11.4. The van der Waals surface area contributed by atoms with E-state index < -0.39 is 0 Å². The number of anilines is 1. The SMILES string of the molecule is CNC(C)c1sc(N2CCC(N3CCCC3)C2)nc1C. The minimum absolute atomic E-state index is 0.401. The monoisotopic (exact) mass is 294 g/mol. The van der Waals surface area contributed by atoms with Gasteiger partial charge in [0.1, 0.15) is 0 Å². The van der Waals surface area contributed by atoms with E-state index >= 15 is 0 Å². The summed E-state index contributed by atoms with van der Waals surface area (Å²) in [6.45, 7) is 9.29. The molecule has 5 heteroatoms. The molecule has 2 aliphatic heterocycles. The number of hydrogen-bond donors (Lipinski definition) is 1. The first-order chi connectivity index (χ1) is 9.69. The number of aryl methyl sites for hydroxylation is 1. The summed E-state index contributed by atoms with van der Waals surface area (Å²) < 4.78 is 0. The lowest BCUT2D eigenvalue weighted by molar-refractivity contribution is 0.260. The van der Waals surface area contributed by atoms with E-state index in [0.29, 0.717) is 6.04 Å². The van der Waals surface area contributed by atoms with E-state index in [1.807, 2.05) is 18.4 Å². The Balaban J connectivity index is 1.68. The van der Waals surface area contributed by atoms with Crippen molar-refractivity contribution in [3.63, 3.8) is 0 Å². The molecule has 1 aromatic rings. The molecule has 2 unspecified atom stereocenters. The Morgan fingerprint density at radius 3 is 2.75 bits per heavy atom. The zero-order valence-electron chi connectivity index (χ0n) is 12.9. The van der Waals surface area contributed by atoms with Crippen LogP contribution in [0, 0.1) is 6.92 Å². The number of nitrogens with one attached hydrogen (secondary N) is 1. The standard InChI is InChI=1S/C15H26N4S/c1-11(16-3)14-12(2)17-15(20-14)19-9-6-13(10-19)18-7-4-5-8-18/h11,13,16H,4-10H2,1-3H3. The van der Waals surface area contributed by atoms with Crippen LogP contribution in [0.15, 0.2) is 0 Å². The lowest BCUT2D eigenvalue weighted by atomic mass is 10.2. The van der Waals surface area contributed by atoms with Crippen molar-refractivity contribution in [1.82, 2.24) is 15.2 Å².